The molecule has 3 aromatic carbocycles. The SMILES string of the molecule is C/C(=C\Cc1ccc(OCOCc2ccccc2)cc1OCOCc1ccccc1)CC[C@H]1OC1(C)C. The smallest absolute Gasteiger partial charge is 0.189 e. The van der Waals surface area contributed by atoms with Crippen LogP contribution in [0.15, 0.2) is 90.5 Å². The fraction of sp³-hybridized carbons (Fsp3) is 0.375. The third-order valence-electron chi connectivity index (χ3n) is 6.50. The molecule has 1 saturated heterocycles. The first kappa shape index (κ1) is 26.9. The van der Waals surface area contributed by atoms with Crippen LogP contribution in [0.3, 0.4) is 0 Å². The van der Waals surface area contributed by atoms with Gasteiger partial charge in [-0.25, -0.2) is 0 Å². The average molecular weight is 503 g/mol. The molecule has 37 heavy (non-hydrogen) atoms. The van der Waals surface area contributed by atoms with Crippen LogP contribution in [-0.2, 0) is 33.8 Å². The van der Waals surface area contributed by atoms with E-state index in [1.165, 1.54) is 5.57 Å². The lowest BCUT2D eigenvalue weighted by molar-refractivity contribution is 0.000844. The zero-order valence-corrected chi connectivity index (χ0v) is 22.2. The summed E-state index contributed by atoms with van der Waals surface area (Å²) in [5, 5.41) is 0. The van der Waals surface area contributed by atoms with Gasteiger partial charge in [-0.1, -0.05) is 78.4 Å². The van der Waals surface area contributed by atoms with Gasteiger partial charge in [0.2, 0.25) is 0 Å². The molecule has 0 saturated carbocycles. The molecule has 5 heteroatoms. The quantitative estimate of drug-likeness (QED) is 0.0949. The fourth-order valence-electron chi connectivity index (χ4n) is 4.09. The molecule has 0 N–H and O–H groups in total. The van der Waals surface area contributed by atoms with Crippen molar-refractivity contribution in [3.8, 4) is 11.5 Å². The lowest BCUT2D eigenvalue weighted by Crippen LogP contribution is -2.06. The Morgan fingerprint density at radius 2 is 1.43 bits per heavy atom. The van der Waals surface area contributed by atoms with E-state index in [0.717, 1.165) is 41.7 Å². The van der Waals surface area contributed by atoms with Crippen molar-refractivity contribution < 1.29 is 23.7 Å². The number of benzene rings is 3. The summed E-state index contributed by atoms with van der Waals surface area (Å²) in [5.74, 6) is 1.45. The summed E-state index contributed by atoms with van der Waals surface area (Å²) in [5.41, 5.74) is 4.71. The van der Waals surface area contributed by atoms with E-state index in [4.69, 9.17) is 23.7 Å². The zero-order valence-electron chi connectivity index (χ0n) is 22.2. The van der Waals surface area contributed by atoms with Gasteiger partial charge in [-0.05, 0) is 62.8 Å². The summed E-state index contributed by atoms with van der Waals surface area (Å²) in [6.07, 6.45) is 5.51. The van der Waals surface area contributed by atoms with Gasteiger partial charge in [0.05, 0.1) is 24.9 Å². The molecule has 1 fully saturated rings. The number of ether oxygens (including phenoxy) is 5. The zero-order chi connectivity index (χ0) is 25.9. The van der Waals surface area contributed by atoms with Crippen LogP contribution in [0.5, 0.6) is 11.5 Å². The number of hydrogen-bond donors (Lipinski definition) is 0. The Kier molecular flexibility index (Phi) is 9.78. The van der Waals surface area contributed by atoms with Gasteiger partial charge < -0.3 is 23.7 Å². The Morgan fingerprint density at radius 3 is 2.03 bits per heavy atom. The molecule has 0 aliphatic carbocycles. The minimum atomic E-state index is 0.0433. The van der Waals surface area contributed by atoms with Crippen LogP contribution in [-0.4, -0.2) is 25.3 Å². The molecule has 1 heterocycles. The maximum atomic E-state index is 6.05. The summed E-state index contributed by atoms with van der Waals surface area (Å²) in [4.78, 5) is 0. The maximum absolute atomic E-state index is 6.05. The van der Waals surface area contributed by atoms with Crippen LogP contribution in [0.2, 0.25) is 0 Å². The van der Waals surface area contributed by atoms with Crippen LogP contribution < -0.4 is 9.47 Å². The summed E-state index contributed by atoms with van der Waals surface area (Å²) in [6.45, 7) is 7.80. The number of epoxide rings is 1. The third-order valence-corrected chi connectivity index (χ3v) is 6.50. The van der Waals surface area contributed by atoms with Gasteiger partial charge >= 0.3 is 0 Å². The van der Waals surface area contributed by atoms with Crippen molar-refractivity contribution in [3.05, 3.63) is 107 Å². The molecule has 1 aliphatic rings. The van der Waals surface area contributed by atoms with Crippen LogP contribution in [0.1, 0.15) is 50.3 Å². The first-order valence-electron chi connectivity index (χ1n) is 12.9. The van der Waals surface area contributed by atoms with E-state index in [0.29, 0.717) is 25.1 Å². The van der Waals surface area contributed by atoms with Gasteiger partial charge in [0.25, 0.3) is 0 Å². The highest BCUT2D eigenvalue weighted by Gasteiger charge is 2.46. The predicted molar refractivity (Wildman–Crippen MR) is 146 cm³/mol. The van der Waals surface area contributed by atoms with Crippen molar-refractivity contribution in [3.63, 3.8) is 0 Å². The highest BCUT2D eigenvalue weighted by Crippen LogP contribution is 2.39. The minimum absolute atomic E-state index is 0.0433. The van der Waals surface area contributed by atoms with E-state index < -0.39 is 0 Å². The Morgan fingerprint density at radius 1 is 0.838 bits per heavy atom. The Labute approximate surface area is 221 Å². The number of allylic oxidation sites excluding steroid dienone is 2. The molecule has 0 radical (unpaired) electrons. The van der Waals surface area contributed by atoms with Crippen LogP contribution in [0.4, 0.5) is 0 Å². The van der Waals surface area contributed by atoms with Crippen molar-refractivity contribution >= 4 is 0 Å². The van der Waals surface area contributed by atoms with E-state index in [2.05, 4.69) is 32.9 Å². The second-order valence-corrected chi connectivity index (χ2v) is 9.97. The number of rotatable bonds is 15. The summed E-state index contributed by atoms with van der Waals surface area (Å²) in [6, 6.07) is 26.1. The van der Waals surface area contributed by atoms with Crippen molar-refractivity contribution in [2.45, 2.75) is 65.0 Å². The summed E-state index contributed by atoms with van der Waals surface area (Å²) in [7, 11) is 0. The lowest BCUT2D eigenvalue weighted by Gasteiger charge is -2.14. The van der Waals surface area contributed by atoms with Crippen molar-refractivity contribution in [2.75, 3.05) is 13.6 Å². The number of hydrogen-bond acceptors (Lipinski definition) is 5. The van der Waals surface area contributed by atoms with Crippen LogP contribution in [0.25, 0.3) is 0 Å². The molecule has 0 amide bonds. The van der Waals surface area contributed by atoms with Gasteiger partial charge in [0, 0.05) is 6.07 Å². The second-order valence-electron chi connectivity index (χ2n) is 9.97. The van der Waals surface area contributed by atoms with Gasteiger partial charge in [-0.2, -0.15) is 0 Å². The van der Waals surface area contributed by atoms with Crippen molar-refractivity contribution in [2.24, 2.45) is 0 Å². The molecule has 5 nitrogen and oxygen atoms in total. The first-order valence-corrected chi connectivity index (χ1v) is 12.9. The molecule has 3 aromatic rings. The first-order chi connectivity index (χ1) is 18.0. The fourth-order valence-corrected chi connectivity index (χ4v) is 4.09. The van der Waals surface area contributed by atoms with E-state index >= 15 is 0 Å². The molecular formula is C32H38O5. The monoisotopic (exact) mass is 502 g/mol. The molecule has 4 rings (SSSR count). The summed E-state index contributed by atoms with van der Waals surface area (Å²) >= 11 is 0. The van der Waals surface area contributed by atoms with E-state index in [1.54, 1.807) is 0 Å². The summed E-state index contributed by atoms with van der Waals surface area (Å²) < 4.78 is 29.1. The Balaban J connectivity index is 1.31. The van der Waals surface area contributed by atoms with Gasteiger partial charge in [0.15, 0.2) is 13.6 Å². The Hall–Kier alpha value is -3.12. The molecule has 196 valence electrons. The molecule has 1 aliphatic heterocycles. The van der Waals surface area contributed by atoms with Crippen molar-refractivity contribution in [1.82, 2.24) is 0 Å². The second kappa shape index (κ2) is 13.4. The Bertz CT molecular complexity index is 1120. The van der Waals surface area contributed by atoms with Gasteiger partial charge in [0.1, 0.15) is 11.5 Å². The molecule has 0 spiro atoms. The average Bonchev–Trinajstić information content (AvgIpc) is 3.54. The van der Waals surface area contributed by atoms with Crippen LogP contribution >= 0.6 is 0 Å². The molecule has 1 atom stereocenters. The normalized spacial score (nSPS) is 16.4. The van der Waals surface area contributed by atoms with Gasteiger partial charge in [-0.3, -0.25) is 0 Å². The molecular weight excluding hydrogens is 464 g/mol. The van der Waals surface area contributed by atoms with E-state index in [1.807, 2.05) is 72.8 Å². The molecule has 0 aromatic heterocycles. The van der Waals surface area contributed by atoms with E-state index in [9.17, 15) is 0 Å². The topological polar surface area (TPSA) is 49.5 Å². The predicted octanol–water partition coefficient (Wildman–Crippen LogP) is 7.24. The lowest BCUT2D eigenvalue weighted by atomic mass is 10.0. The van der Waals surface area contributed by atoms with Crippen molar-refractivity contribution in [1.29, 1.82) is 0 Å². The molecule has 0 bridgehead atoms. The minimum Gasteiger partial charge on any atom is -0.467 e. The highest BCUT2D eigenvalue weighted by atomic mass is 16.7. The molecule has 0 unspecified atom stereocenters. The van der Waals surface area contributed by atoms with Crippen LogP contribution in [0, 0.1) is 0 Å². The van der Waals surface area contributed by atoms with E-state index in [-0.39, 0.29) is 19.2 Å². The third kappa shape index (κ3) is 9.04. The highest BCUT2D eigenvalue weighted by molar-refractivity contribution is 5.42. The standard InChI is InChI=1S/C32H38O5/c1-25(15-19-31-32(2,3)37-31)14-16-28-17-18-29(35-23-33-21-26-10-6-4-7-11-26)20-30(28)36-24-34-22-27-12-8-5-9-13-27/h4-14,17-18,20,31H,15-16,19,21-24H2,1-3H3/b25-14+/t31-/m1/s1. The largest absolute Gasteiger partial charge is 0.467 e. The maximum Gasteiger partial charge on any atom is 0.189 e. The van der Waals surface area contributed by atoms with Gasteiger partial charge in [-0.15, -0.1) is 0 Å².